The number of para-hydroxylation sites is 1. The number of likely N-dealkylation sites (N-methyl/N-ethyl adjacent to an activating group) is 1. The minimum absolute atomic E-state index is 0.202. The first-order valence-electron chi connectivity index (χ1n) is 8.53. The van der Waals surface area contributed by atoms with E-state index >= 15 is 0 Å². The van der Waals surface area contributed by atoms with Crippen LogP contribution < -0.4 is 10.2 Å². The second-order valence-electron chi connectivity index (χ2n) is 6.15. The first-order chi connectivity index (χ1) is 13.0. The Balaban J connectivity index is 1.67. The zero-order chi connectivity index (χ0) is 19.4. The molecule has 0 fully saturated rings. The SMILES string of the molecule is Cc1nn(-c2ccc(F)cc2)c(Cl)c1C(=O)NCCN(C)c1ccccc1. The normalized spacial score (nSPS) is 10.7. The van der Waals surface area contributed by atoms with Crippen LogP contribution in [0.5, 0.6) is 0 Å². The molecule has 5 nitrogen and oxygen atoms in total. The van der Waals surface area contributed by atoms with E-state index in [1.807, 2.05) is 37.4 Å². The molecule has 0 spiro atoms. The second kappa shape index (κ2) is 8.22. The van der Waals surface area contributed by atoms with E-state index in [1.165, 1.54) is 16.8 Å². The van der Waals surface area contributed by atoms with Gasteiger partial charge in [0, 0.05) is 25.8 Å². The number of amides is 1. The number of rotatable bonds is 6. The maximum Gasteiger partial charge on any atom is 0.256 e. The van der Waals surface area contributed by atoms with Crippen LogP contribution in [0.3, 0.4) is 0 Å². The van der Waals surface area contributed by atoms with Crippen molar-refractivity contribution in [3.63, 3.8) is 0 Å². The van der Waals surface area contributed by atoms with E-state index in [2.05, 4.69) is 15.3 Å². The van der Waals surface area contributed by atoms with E-state index in [0.717, 1.165) is 5.69 Å². The van der Waals surface area contributed by atoms with E-state index < -0.39 is 0 Å². The van der Waals surface area contributed by atoms with Crippen LogP contribution in [0.4, 0.5) is 10.1 Å². The van der Waals surface area contributed by atoms with Crippen LogP contribution in [-0.4, -0.2) is 35.8 Å². The van der Waals surface area contributed by atoms with Gasteiger partial charge in [0.2, 0.25) is 0 Å². The highest BCUT2D eigenvalue weighted by Crippen LogP contribution is 2.23. The maximum atomic E-state index is 13.1. The van der Waals surface area contributed by atoms with Gasteiger partial charge in [0.15, 0.2) is 0 Å². The van der Waals surface area contributed by atoms with Gasteiger partial charge in [0.25, 0.3) is 5.91 Å². The Labute approximate surface area is 162 Å². The molecule has 7 heteroatoms. The third-order valence-electron chi connectivity index (χ3n) is 4.23. The quantitative estimate of drug-likeness (QED) is 0.700. The first-order valence-corrected chi connectivity index (χ1v) is 8.90. The molecule has 3 rings (SSSR count). The Morgan fingerprint density at radius 2 is 1.85 bits per heavy atom. The van der Waals surface area contributed by atoms with Crippen molar-refractivity contribution in [2.45, 2.75) is 6.92 Å². The summed E-state index contributed by atoms with van der Waals surface area (Å²) in [6.45, 7) is 2.83. The van der Waals surface area contributed by atoms with E-state index in [-0.39, 0.29) is 16.9 Å². The van der Waals surface area contributed by atoms with Crippen molar-refractivity contribution in [1.82, 2.24) is 15.1 Å². The fourth-order valence-corrected chi connectivity index (χ4v) is 3.11. The molecule has 0 aliphatic heterocycles. The fraction of sp³-hybridized carbons (Fsp3) is 0.200. The van der Waals surface area contributed by atoms with Crippen LogP contribution in [0.25, 0.3) is 5.69 Å². The zero-order valence-corrected chi connectivity index (χ0v) is 15.9. The second-order valence-corrected chi connectivity index (χ2v) is 6.51. The number of aromatic nitrogens is 2. The van der Waals surface area contributed by atoms with Gasteiger partial charge in [-0.05, 0) is 43.3 Å². The summed E-state index contributed by atoms with van der Waals surface area (Å²) in [7, 11) is 1.96. The molecule has 3 aromatic rings. The van der Waals surface area contributed by atoms with Crippen LogP contribution >= 0.6 is 11.6 Å². The van der Waals surface area contributed by atoms with Gasteiger partial charge in [0.05, 0.1) is 16.9 Å². The number of aryl methyl sites for hydroxylation is 1. The van der Waals surface area contributed by atoms with Gasteiger partial charge < -0.3 is 10.2 Å². The number of benzene rings is 2. The number of hydrogen-bond donors (Lipinski definition) is 1. The van der Waals surface area contributed by atoms with Crippen LogP contribution in [0.1, 0.15) is 16.1 Å². The van der Waals surface area contributed by atoms with Gasteiger partial charge in [-0.3, -0.25) is 4.79 Å². The molecule has 1 heterocycles. The smallest absolute Gasteiger partial charge is 0.256 e. The van der Waals surface area contributed by atoms with Crippen molar-refractivity contribution in [1.29, 1.82) is 0 Å². The number of carbonyl (C=O) groups is 1. The molecular weight excluding hydrogens is 367 g/mol. The summed E-state index contributed by atoms with van der Waals surface area (Å²) in [4.78, 5) is 14.6. The summed E-state index contributed by atoms with van der Waals surface area (Å²) in [5.41, 5.74) is 2.50. The lowest BCUT2D eigenvalue weighted by atomic mass is 10.2. The number of carbonyl (C=O) groups excluding carboxylic acids is 1. The monoisotopic (exact) mass is 386 g/mol. The van der Waals surface area contributed by atoms with Gasteiger partial charge in [-0.2, -0.15) is 5.10 Å². The number of anilines is 1. The summed E-state index contributed by atoms with van der Waals surface area (Å²) >= 11 is 6.37. The average Bonchev–Trinajstić information content (AvgIpc) is 2.97. The van der Waals surface area contributed by atoms with Crippen molar-refractivity contribution in [3.05, 3.63) is 76.8 Å². The van der Waals surface area contributed by atoms with Gasteiger partial charge in [-0.1, -0.05) is 29.8 Å². The Morgan fingerprint density at radius 1 is 1.19 bits per heavy atom. The topological polar surface area (TPSA) is 50.2 Å². The minimum atomic E-state index is -0.348. The van der Waals surface area contributed by atoms with Crippen molar-refractivity contribution < 1.29 is 9.18 Å². The van der Waals surface area contributed by atoms with E-state index in [1.54, 1.807) is 19.1 Å². The van der Waals surface area contributed by atoms with Gasteiger partial charge in [-0.25, -0.2) is 9.07 Å². The molecule has 0 atom stereocenters. The molecule has 2 aromatic carbocycles. The predicted molar refractivity (Wildman–Crippen MR) is 105 cm³/mol. The summed E-state index contributed by atoms with van der Waals surface area (Å²) in [6, 6.07) is 15.7. The van der Waals surface area contributed by atoms with Gasteiger partial charge >= 0.3 is 0 Å². The summed E-state index contributed by atoms with van der Waals surface area (Å²) in [6.07, 6.45) is 0. The minimum Gasteiger partial charge on any atom is -0.373 e. The molecule has 27 heavy (non-hydrogen) atoms. The highest BCUT2D eigenvalue weighted by atomic mass is 35.5. The molecule has 0 aliphatic rings. The fourth-order valence-electron chi connectivity index (χ4n) is 2.75. The van der Waals surface area contributed by atoms with E-state index in [0.29, 0.717) is 30.0 Å². The molecule has 0 radical (unpaired) electrons. The average molecular weight is 387 g/mol. The predicted octanol–water partition coefficient (Wildman–Crippen LogP) is 3.84. The molecule has 1 aromatic heterocycles. The Hall–Kier alpha value is -2.86. The molecule has 140 valence electrons. The number of nitrogens with one attached hydrogen (secondary N) is 1. The largest absolute Gasteiger partial charge is 0.373 e. The Bertz CT molecular complexity index is 925. The highest BCUT2D eigenvalue weighted by molar-refractivity contribution is 6.33. The Kier molecular flexibility index (Phi) is 5.76. The third-order valence-corrected chi connectivity index (χ3v) is 4.58. The number of hydrogen-bond acceptors (Lipinski definition) is 3. The molecule has 1 N–H and O–H groups in total. The molecular formula is C20H20ClFN4O. The number of nitrogens with zero attached hydrogens (tertiary/aromatic N) is 3. The lowest BCUT2D eigenvalue weighted by Gasteiger charge is -2.19. The summed E-state index contributed by atoms with van der Waals surface area (Å²) < 4.78 is 14.5. The molecule has 0 bridgehead atoms. The molecule has 1 amide bonds. The van der Waals surface area contributed by atoms with Crippen molar-refractivity contribution in [2.75, 3.05) is 25.0 Å². The number of halogens is 2. The van der Waals surface area contributed by atoms with Crippen LogP contribution in [-0.2, 0) is 0 Å². The molecule has 0 saturated carbocycles. The summed E-state index contributed by atoms with van der Waals surface area (Å²) in [5.74, 6) is -0.633. The third kappa shape index (κ3) is 4.28. The van der Waals surface area contributed by atoms with Crippen molar-refractivity contribution in [3.8, 4) is 5.69 Å². The van der Waals surface area contributed by atoms with Gasteiger partial charge in [-0.15, -0.1) is 0 Å². The summed E-state index contributed by atoms with van der Waals surface area (Å²) in [5, 5.41) is 7.39. The van der Waals surface area contributed by atoms with E-state index in [4.69, 9.17) is 11.6 Å². The molecule has 0 aliphatic carbocycles. The zero-order valence-electron chi connectivity index (χ0n) is 15.1. The highest BCUT2D eigenvalue weighted by Gasteiger charge is 2.21. The lowest BCUT2D eigenvalue weighted by Crippen LogP contribution is -2.33. The van der Waals surface area contributed by atoms with Crippen LogP contribution in [0, 0.1) is 12.7 Å². The van der Waals surface area contributed by atoms with Gasteiger partial charge in [0.1, 0.15) is 11.0 Å². The van der Waals surface area contributed by atoms with Crippen molar-refractivity contribution in [2.24, 2.45) is 0 Å². The molecule has 0 saturated heterocycles. The Morgan fingerprint density at radius 3 is 2.52 bits per heavy atom. The standard InChI is InChI=1S/C20H20ClFN4O/c1-14-18(19(21)26(24-14)17-10-8-15(22)9-11-17)20(27)23-12-13-25(2)16-6-4-3-5-7-16/h3-11H,12-13H2,1-2H3,(H,23,27). The van der Waals surface area contributed by atoms with E-state index in [9.17, 15) is 9.18 Å². The maximum absolute atomic E-state index is 13.1. The molecule has 0 unspecified atom stereocenters. The first kappa shape index (κ1) is 18.9. The van der Waals surface area contributed by atoms with Crippen LogP contribution in [0.2, 0.25) is 5.15 Å². The van der Waals surface area contributed by atoms with Crippen molar-refractivity contribution >= 4 is 23.2 Å². The van der Waals surface area contributed by atoms with Crippen LogP contribution in [0.15, 0.2) is 54.6 Å². The lowest BCUT2D eigenvalue weighted by molar-refractivity contribution is 0.0954.